The van der Waals surface area contributed by atoms with Crippen LogP contribution < -0.4 is 5.32 Å². The molecule has 7 nitrogen and oxygen atoms in total. The molecule has 2 saturated heterocycles. The van der Waals surface area contributed by atoms with E-state index in [1.54, 1.807) is 6.20 Å². The van der Waals surface area contributed by atoms with Crippen LogP contribution in [0.4, 0.5) is 5.13 Å². The number of amides is 1. The lowest BCUT2D eigenvalue weighted by molar-refractivity contribution is -0.121. The maximum absolute atomic E-state index is 12.4. The van der Waals surface area contributed by atoms with Gasteiger partial charge < -0.3 is 15.0 Å². The van der Waals surface area contributed by atoms with Crippen LogP contribution >= 0.6 is 11.3 Å². The molecule has 4 rings (SSSR count). The number of fused-ring (bicyclic) bond motifs is 2. The third-order valence-corrected chi connectivity index (χ3v) is 6.22. The van der Waals surface area contributed by atoms with Gasteiger partial charge in [0.05, 0.1) is 12.2 Å². The lowest BCUT2D eigenvalue weighted by Crippen LogP contribution is -2.52. The SMILES string of the molecule is Cc1csc(NC(=O)CN2[C@@H]3CC[C@@H]2CC(O)(c2nccn2C)C3)n1. The molecule has 0 saturated carbocycles. The first kappa shape index (κ1) is 16.7. The zero-order chi connectivity index (χ0) is 17.6. The van der Waals surface area contributed by atoms with E-state index in [1.165, 1.54) is 11.3 Å². The standard InChI is InChI=1S/C17H23N5O2S/c1-11-10-25-16(19-11)20-14(23)9-22-12-3-4-13(22)8-17(24,7-12)15-18-5-6-21(15)2/h5-6,10,12-13,24H,3-4,7-9H2,1-2H3,(H,19,20,23)/t12-,13-/m1/s1. The summed E-state index contributed by atoms with van der Waals surface area (Å²) in [6, 6.07) is 0.425. The molecular formula is C17H23N5O2S. The Morgan fingerprint density at radius 2 is 2.16 bits per heavy atom. The Hall–Kier alpha value is -1.77. The molecule has 2 bridgehead atoms. The largest absolute Gasteiger partial charge is 0.382 e. The number of anilines is 1. The van der Waals surface area contributed by atoms with E-state index in [1.807, 2.05) is 30.1 Å². The van der Waals surface area contributed by atoms with Crippen molar-refractivity contribution >= 4 is 22.4 Å². The molecule has 2 fully saturated rings. The first-order chi connectivity index (χ1) is 11.9. The second-order valence-electron chi connectivity index (χ2n) is 7.20. The van der Waals surface area contributed by atoms with Gasteiger partial charge in [-0.25, -0.2) is 9.97 Å². The number of thiazole rings is 1. The molecule has 2 aliphatic rings. The van der Waals surface area contributed by atoms with Gasteiger partial charge in [0.25, 0.3) is 0 Å². The van der Waals surface area contributed by atoms with Gasteiger partial charge in [0.1, 0.15) is 11.4 Å². The summed E-state index contributed by atoms with van der Waals surface area (Å²) < 4.78 is 1.90. The van der Waals surface area contributed by atoms with Crippen molar-refractivity contribution in [3.05, 3.63) is 29.3 Å². The van der Waals surface area contributed by atoms with Crippen LogP contribution in [0, 0.1) is 6.92 Å². The lowest BCUT2D eigenvalue weighted by atomic mass is 9.85. The van der Waals surface area contributed by atoms with Crippen molar-refractivity contribution < 1.29 is 9.90 Å². The summed E-state index contributed by atoms with van der Waals surface area (Å²) in [5, 5.41) is 16.6. The quantitative estimate of drug-likeness (QED) is 0.865. The van der Waals surface area contributed by atoms with E-state index in [2.05, 4.69) is 20.2 Å². The summed E-state index contributed by atoms with van der Waals surface area (Å²) in [5.74, 6) is 0.695. The summed E-state index contributed by atoms with van der Waals surface area (Å²) >= 11 is 1.44. The number of carbonyl (C=O) groups is 1. The number of nitrogens with one attached hydrogen (secondary N) is 1. The van der Waals surface area contributed by atoms with Crippen LogP contribution in [0.1, 0.15) is 37.2 Å². The Morgan fingerprint density at radius 1 is 1.44 bits per heavy atom. The minimum absolute atomic E-state index is 0.0336. The Bertz CT molecular complexity index is 772. The van der Waals surface area contributed by atoms with Crippen LogP contribution in [0.5, 0.6) is 0 Å². The maximum atomic E-state index is 12.4. The van der Waals surface area contributed by atoms with Crippen molar-refractivity contribution in [3.8, 4) is 0 Å². The number of aryl methyl sites for hydroxylation is 2. The number of hydrogen-bond acceptors (Lipinski definition) is 6. The van der Waals surface area contributed by atoms with Crippen LogP contribution in [-0.2, 0) is 17.4 Å². The molecule has 0 aliphatic carbocycles. The summed E-state index contributed by atoms with van der Waals surface area (Å²) in [6.45, 7) is 2.26. The highest BCUT2D eigenvalue weighted by Crippen LogP contribution is 2.44. The number of aromatic nitrogens is 3. The minimum atomic E-state index is -0.899. The van der Waals surface area contributed by atoms with Crippen molar-refractivity contribution in [1.82, 2.24) is 19.4 Å². The fraction of sp³-hybridized carbons (Fsp3) is 0.588. The normalized spacial score (nSPS) is 29.1. The molecular weight excluding hydrogens is 338 g/mol. The van der Waals surface area contributed by atoms with Crippen LogP contribution in [-0.4, -0.2) is 49.1 Å². The summed E-state index contributed by atoms with van der Waals surface area (Å²) in [7, 11) is 1.91. The number of rotatable bonds is 4. The van der Waals surface area contributed by atoms with E-state index in [9.17, 15) is 9.90 Å². The van der Waals surface area contributed by atoms with Crippen LogP contribution in [0.2, 0.25) is 0 Å². The fourth-order valence-electron chi connectivity index (χ4n) is 4.31. The zero-order valence-electron chi connectivity index (χ0n) is 14.5. The van der Waals surface area contributed by atoms with Gasteiger partial charge in [-0.2, -0.15) is 0 Å². The molecule has 2 aliphatic heterocycles. The highest BCUT2D eigenvalue weighted by molar-refractivity contribution is 7.13. The first-order valence-electron chi connectivity index (χ1n) is 8.62. The monoisotopic (exact) mass is 361 g/mol. The Labute approximate surface area is 150 Å². The Balaban J connectivity index is 1.44. The number of carbonyl (C=O) groups excluding carboxylic acids is 1. The fourth-order valence-corrected chi connectivity index (χ4v) is 5.01. The molecule has 4 heterocycles. The number of nitrogens with zero attached hydrogens (tertiary/aromatic N) is 4. The highest BCUT2D eigenvalue weighted by atomic mass is 32.1. The topological polar surface area (TPSA) is 83.3 Å². The Kier molecular flexibility index (Phi) is 4.13. The van der Waals surface area contributed by atoms with Gasteiger partial charge in [0.15, 0.2) is 5.13 Å². The van der Waals surface area contributed by atoms with Gasteiger partial charge in [-0.3, -0.25) is 9.69 Å². The van der Waals surface area contributed by atoms with Gasteiger partial charge in [0.2, 0.25) is 5.91 Å². The summed E-state index contributed by atoms with van der Waals surface area (Å²) in [6.07, 6.45) is 6.87. The lowest BCUT2D eigenvalue weighted by Gasteiger charge is -2.43. The van der Waals surface area contributed by atoms with E-state index in [0.717, 1.165) is 24.4 Å². The smallest absolute Gasteiger partial charge is 0.240 e. The molecule has 0 aromatic carbocycles. The second kappa shape index (κ2) is 6.19. The molecule has 2 N–H and O–H groups in total. The van der Waals surface area contributed by atoms with Gasteiger partial charge >= 0.3 is 0 Å². The molecule has 2 atom stereocenters. The molecule has 0 unspecified atom stereocenters. The first-order valence-corrected chi connectivity index (χ1v) is 9.50. The molecule has 2 aromatic rings. The Morgan fingerprint density at radius 3 is 2.72 bits per heavy atom. The van der Waals surface area contributed by atoms with Gasteiger partial charge in [-0.1, -0.05) is 0 Å². The van der Waals surface area contributed by atoms with Crippen molar-refractivity contribution in [2.24, 2.45) is 7.05 Å². The third-order valence-electron chi connectivity index (χ3n) is 5.35. The number of hydrogen-bond donors (Lipinski definition) is 2. The average molecular weight is 361 g/mol. The molecule has 1 amide bonds. The van der Waals surface area contributed by atoms with Crippen molar-refractivity contribution in [3.63, 3.8) is 0 Å². The van der Waals surface area contributed by atoms with Crippen molar-refractivity contribution in [2.75, 3.05) is 11.9 Å². The molecule has 0 spiro atoms. The van der Waals surface area contributed by atoms with Crippen molar-refractivity contribution in [2.45, 2.75) is 50.3 Å². The van der Waals surface area contributed by atoms with Crippen LogP contribution in [0.25, 0.3) is 0 Å². The zero-order valence-corrected chi connectivity index (χ0v) is 15.3. The number of piperidine rings is 1. The van der Waals surface area contributed by atoms with Crippen LogP contribution in [0.15, 0.2) is 17.8 Å². The molecule has 8 heteroatoms. The van der Waals surface area contributed by atoms with E-state index in [-0.39, 0.29) is 18.0 Å². The summed E-state index contributed by atoms with van der Waals surface area (Å²) in [4.78, 5) is 23.3. The molecule has 0 radical (unpaired) electrons. The van der Waals surface area contributed by atoms with Crippen molar-refractivity contribution in [1.29, 1.82) is 0 Å². The van der Waals surface area contributed by atoms with E-state index >= 15 is 0 Å². The third kappa shape index (κ3) is 3.09. The van der Waals surface area contributed by atoms with Gasteiger partial charge in [-0.15, -0.1) is 11.3 Å². The summed E-state index contributed by atoms with van der Waals surface area (Å²) in [5.41, 5.74) is 0.0159. The predicted octanol–water partition coefficient (Wildman–Crippen LogP) is 1.64. The van der Waals surface area contributed by atoms with E-state index < -0.39 is 5.60 Å². The van der Waals surface area contributed by atoms with E-state index in [4.69, 9.17) is 0 Å². The highest BCUT2D eigenvalue weighted by Gasteiger charge is 2.50. The van der Waals surface area contributed by atoms with Crippen LogP contribution in [0.3, 0.4) is 0 Å². The molecule has 2 aromatic heterocycles. The second-order valence-corrected chi connectivity index (χ2v) is 8.06. The number of imidazole rings is 1. The predicted molar refractivity (Wildman–Crippen MR) is 95.3 cm³/mol. The molecule has 25 heavy (non-hydrogen) atoms. The number of aliphatic hydroxyl groups is 1. The minimum Gasteiger partial charge on any atom is -0.382 e. The van der Waals surface area contributed by atoms with E-state index in [0.29, 0.717) is 24.5 Å². The van der Waals surface area contributed by atoms with Gasteiger partial charge in [0, 0.05) is 36.9 Å². The molecule has 134 valence electrons. The maximum Gasteiger partial charge on any atom is 0.240 e. The van der Waals surface area contributed by atoms with Gasteiger partial charge in [-0.05, 0) is 32.6 Å². The average Bonchev–Trinajstić information content (AvgIpc) is 3.21.